The topological polar surface area (TPSA) is 79.5 Å². The Balaban J connectivity index is 1.43. The number of hydrogen-bond acceptors (Lipinski definition) is 6. The first-order chi connectivity index (χ1) is 15.0. The van der Waals surface area contributed by atoms with E-state index in [0.29, 0.717) is 42.7 Å². The first kappa shape index (κ1) is 19.7. The molecule has 1 aliphatic heterocycles. The van der Waals surface area contributed by atoms with Gasteiger partial charge < -0.3 is 9.32 Å². The number of hydrogen-bond donors (Lipinski definition) is 0. The van der Waals surface area contributed by atoms with Gasteiger partial charge in [0.1, 0.15) is 5.82 Å². The Morgan fingerprint density at radius 2 is 1.61 bits per heavy atom. The lowest BCUT2D eigenvalue weighted by Crippen LogP contribution is -2.49. The molecule has 0 bridgehead atoms. The van der Waals surface area contributed by atoms with Crippen LogP contribution in [0.5, 0.6) is 0 Å². The van der Waals surface area contributed by atoms with Gasteiger partial charge in [0.05, 0.1) is 16.7 Å². The molecule has 2 aromatic carbocycles. The van der Waals surface area contributed by atoms with Crippen LogP contribution in [0.25, 0.3) is 22.5 Å². The molecule has 3 heterocycles. The van der Waals surface area contributed by atoms with Crippen LogP contribution in [0.15, 0.2) is 76.2 Å². The quantitative estimate of drug-likeness (QED) is 0.487. The predicted molar refractivity (Wildman–Crippen MR) is 119 cm³/mol. The van der Waals surface area contributed by atoms with Crippen LogP contribution in [0.1, 0.15) is 5.56 Å². The van der Waals surface area contributed by atoms with Crippen LogP contribution in [0, 0.1) is 6.92 Å². The van der Waals surface area contributed by atoms with Gasteiger partial charge in [-0.2, -0.15) is 4.31 Å². The van der Waals surface area contributed by atoms with Crippen molar-refractivity contribution in [2.75, 3.05) is 31.1 Å². The van der Waals surface area contributed by atoms with Crippen LogP contribution < -0.4 is 4.90 Å². The maximum atomic E-state index is 13.0. The molecule has 0 radical (unpaired) electrons. The molecule has 31 heavy (non-hydrogen) atoms. The van der Waals surface area contributed by atoms with Gasteiger partial charge in [-0.1, -0.05) is 29.8 Å². The van der Waals surface area contributed by atoms with Crippen molar-refractivity contribution in [2.24, 2.45) is 0 Å². The summed E-state index contributed by atoms with van der Waals surface area (Å²) in [5.74, 6) is 1.92. The summed E-state index contributed by atoms with van der Waals surface area (Å²) in [4.78, 5) is 11.9. The fourth-order valence-electron chi connectivity index (χ4n) is 3.82. The molecule has 0 aliphatic carbocycles. The summed E-state index contributed by atoms with van der Waals surface area (Å²) in [6, 6.07) is 18.5. The summed E-state index contributed by atoms with van der Waals surface area (Å²) < 4.78 is 33.1. The lowest BCUT2D eigenvalue weighted by atomic mass is 10.2. The van der Waals surface area contributed by atoms with Crippen molar-refractivity contribution in [2.45, 2.75) is 11.8 Å². The minimum Gasteiger partial charge on any atom is -0.461 e. The van der Waals surface area contributed by atoms with Crippen molar-refractivity contribution in [3.63, 3.8) is 0 Å². The number of piperazine rings is 1. The first-order valence-electron chi connectivity index (χ1n) is 10.1. The second-order valence-electron chi connectivity index (χ2n) is 7.57. The number of furan rings is 1. The van der Waals surface area contributed by atoms with E-state index < -0.39 is 10.0 Å². The molecule has 0 saturated carbocycles. The average molecular weight is 435 g/mol. The molecule has 1 fully saturated rings. The highest BCUT2D eigenvalue weighted by molar-refractivity contribution is 7.89. The molecule has 0 spiro atoms. The lowest BCUT2D eigenvalue weighted by Gasteiger charge is -2.35. The highest BCUT2D eigenvalue weighted by Crippen LogP contribution is 2.29. The Bertz CT molecular complexity index is 1310. The summed E-state index contributed by atoms with van der Waals surface area (Å²) in [5, 5.41) is 0.938. The third-order valence-corrected chi connectivity index (χ3v) is 7.43. The van der Waals surface area contributed by atoms with Gasteiger partial charge in [0.2, 0.25) is 10.0 Å². The molecule has 5 rings (SSSR count). The summed E-state index contributed by atoms with van der Waals surface area (Å²) in [7, 11) is -3.51. The number of aromatic nitrogens is 2. The van der Waals surface area contributed by atoms with E-state index in [-0.39, 0.29) is 0 Å². The minimum atomic E-state index is -3.51. The number of benzene rings is 2. The molecule has 1 saturated heterocycles. The van der Waals surface area contributed by atoms with Crippen LogP contribution in [-0.2, 0) is 10.0 Å². The zero-order valence-electron chi connectivity index (χ0n) is 17.1. The van der Waals surface area contributed by atoms with Gasteiger partial charge >= 0.3 is 0 Å². The normalized spacial score (nSPS) is 15.5. The van der Waals surface area contributed by atoms with Gasteiger partial charge in [-0.05, 0) is 43.3 Å². The Labute approximate surface area is 181 Å². The number of sulfonamides is 1. The van der Waals surface area contributed by atoms with E-state index in [4.69, 9.17) is 9.40 Å². The molecule has 1 aliphatic rings. The SMILES string of the molecule is Cc1ccc(S(=O)(=O)N2CCN(c3nc(-c4ccco4)nc4ccccc34)CC2)cc1. The van der Waals surface area contributed by atoms with E-state index >= 15 is 0 Å². The third-order valence-electron chi connectivity index (χ3n) is 5.52. The molecule has 2 aromatic heterocycles. The molecule has 7 nitrogen and oxygen atoms in total. The molecular formula is C23H22N4O3S. The largest absolute Gasteiger partial charge is 0.461 e. The second-order valence-corrected chi connectivity index (χ2v) is 9.51. The van der Waals surface area contributed by atoms with Crippen LogP contribution in [-0.4, -0.2) is 48.9 Å². The fraction of sp³-hybridized carbons (Fsp3) is 0.217. The first-order valence-corrected chi connectivity index (χ1v) is 11.6. The van der Waals surface area contributed by atoms with Crippen molar-refractivity contribution in [1.29, 1.82) is 0 Å². The van der Waals surface area contributed by atoms with Gasteiger partial charge in [-0.3, -0.25) is 0 Å². The van der Waals surface area contributed by atoms with Gasteiger partial charge in [-0.15, -0.1) is 0 Å². The number of anilines is 1. The molecule has 0 amide bonds. The van der Waals surface area contributed by atoms with Gasteiger partial charge in [0.25, 0.3) is 0 Å². The molecule has 8 heteroatoms. The summed E-state index contributed by atoms with van der Waals surface area (Å²) in [5.41, 5.74) is 1.86. The summed E-state index contributed by atoms with van der Waals surface area (Å²) in [6.45, 7) is 3.82. The fourth-order valence-corrected chi connectivity index (χ4v) is 5.24. The van der Waals surface area contributed by atoms with Gasteiger partial charge in [-0.25, -0.2) is 18.4 Å². The van der Waals surface area contributed by atoms with Gasteiger partial charge in [0, 0.05) is 31.6 Å². The van der Waals surface area contributed by atoms with Crippen LogP contribution in [0.4, 0.5) is 5.82 Å². The van der Waals surface area contributed by atoms with Gasteiger partial charge in [0.15, 0.2) is 11.6 Å². The monoisotopic (exact) mass is 434 g/mol. The minimum absolute atomic E-state index is 0.333. The maximum Gasteiger partial charge on any atom is 0.243 e. The van der Waals surface area contributed by atoms with Crippen molar-refractivity contribution in [1.82, 2.24) is 14.3 Å². The Morgan fingerprint density at radius 1 is 0.871 bits per heavy atom. The van der Waals surface area contributed by atoms with Crippen molar-refractivity contribution < 1.29 is 12.8 Å². The molecular weight excluding hydrogens is 412 g/mol. The van der Waals surface area contributed by atoms with E-state index in [2.05, 4.69) is 9.88 Å². The second kappa shape index (κ2) is 7.79. The summed E-state index contributed by atoms with van der Waals surface area (Å²) >= 11 is 0. The van der Waals surface area contributed by atoms with Crippen LogP contribution >= 0.6 is 0 Å². The smallest absolute Gasteiger partial charge is 0.243 e. The lowest BCUT2D eigenvalue weighted by molar-refractivity contribution is 0.384. The predicted octanol–water partition coefficient (Wildman–Crippen LogP) is 3.71. The highest BCUT2D eigenvalue weighted by Gasteiger charge is 2.29. The number of para-hydroxylation sites is 1. The highest BCUT2D eigenvalue weighted by atomic mass is 32.2. The number of rotatable bonds is 4. The third kappa shape index (κ3) is 3.68. The van der Waals surface area contributed by atoms with E-state index in [1.165, 1.54) is 0 Å². The van der Waals surface area contributed by atoms with Crippen LogP contribution in [0.3, 0.4) is 0 Å². The van der Waals surface area contributed by atoms with E-state index in [0.717, 1.165) is 22.3 Å². The van der Waals surface area contributed by atoms with Crippen molar-refractivity contribution in [3.05, 3.63) is 72.5 Å². The molecule has 0 atom stereocenters. The van der Waals surface area contributed by atoms with E-state index in [1.54, 1.807) is 22.7 Å². The Hall–Kier alpha value is -3.23. The Kier molecular flexibility index (Phi) is 4.95. The van der Waals surface area contributed by atoms with E-state index in [9.17, 15) is 8.42 Å². The zero-order chi connectivity index (χ0) is 21.4. The molecule has 0 N–H and O–H groups in total. The number of nitrogens with zero attached hydrogens (tertiary/aromatic N) is 4. The standard InChI is InChI=1S/C23H22N4O3S/c1-17-8-10-18(11-9-17)31(28,29)27-14-12-26(13-15-27)23-19-5-2-3-6-20(19)24-22(25-23)21-7-4-16-30-21/h2-11,16H,12-15H2,1H3. The Morgan fingerprint density at radius 3 is 2.32 bits per heavy atom. The van der Waals surface area contributed by atoms with Crippen LogP contribution in [0.2, 0.25) is 0 Å². The number of aryl methyl sites for hydroxylation is 1. The average Bonchev–Trinajstić information content (AvgIpc) is 3.34. The molecule has 0 unspecified atom stereocenters. The molecule has 158 valence electrons. The summed E-state index contributed by atoms with van der Waals surface area (Å²) in [6.07, 6.45) is 1.60. The number of fused-ring (bicyclic) bond motifs is 1. The maximum absolute atomic E-state index is 13.0. The zero-order valence-corrected chi connectivity index (χ0v) is 17.9. The van der Waals surface area contributed by atoms with E-state index in [1.807, 2.05) is 55.5 Å². The molecule has 4 aromatic rings. The van der Waals surface area contributed by atoms with Crippen molar-refractivity contribution in [3.8, 4) is 11.6 Å². The van der Waals surface area contributed by atoms with Crippen molar-refractivity contribution >= 4 is 26.7 Å².